The Balaban J connectivity index is 0.759. The van der Waals surface area contributed by atoms with Crippen molar-refractivity contribution < 1.29 is 28.8 Å². The van der Waals surface area contributed by atoms with Crippen LogP contribution < -0.4 is 10.6 Å². The first-order valence-electron chi connectivity index (χ1n) is 21.2. The lowest BCUT2D eigenvalue weighted by molar-refractivity contribution is -0.136. The molecule has 6 amide bonds. The standard InChI is InChI=1S/C46H54N6O6S/c53-40(17-11-33-8-6-23-47-31-33)48-24-2-1-7-32-19-28-51(29-20-32)44(56)36-14-12-34(13-15-36)35-21-26-50(27-22-35)25-3-4-30-59-39-10-5-9-37-42(39)46(58)52(45(37)57)38-16-18-41(54)49-43(38)55/h5-6,8-15,17,23,31-32,35,38H,1-4,7,16,18-22,24-30H2,(H,48,53)(H,49,54,55)/b17-11+. The Morgan fingerprint density at radius 1 is 0.847 bits per heavy atom. The molecule has 4 aliphatic heterocycles. The molecule has 1 unspecified atom stereocenters. The zero-order valence-corrected chi connectivity index (χ0v) is 34.4. The summed E-state index contributed by atoms with van der Waals surface area (Å²) in [5.74, 6) is 0.0228. The molecule has 3 aromatic rings. The van der Waals surface area contributed by atoms with Gasteiger partial charge >= 0.3 is 0 Å². The number of pyridine rings is 1. The number of imide groups is 2. The molecule has 59 heavy (non-hydrogen) atoms. The van der Waals surface area contributed by atoms with Crippen molar-refractivity contribution in [2.24, 2.45) is 5.92 Å². The molecule has 12 nitrogen and oxygen atoms in total. The molecule has 3 saturated heterocycles. The molecule has 5 heterocycles. The number of unbranched alkanes of at least 4 members (excludes halogenated alkanes) is 2. The average molecular weight is 819 g/mol. The molecule has 3 fully saturated rings. The Morgan fingerprint density at radius 2 is 1.64 bits per heavy atom. The van der Waals surface area contributed by atoms with Gasteiger partial charge in [0.2, 0.25) is 17.7 Å². The number of fused-ring (bicyclic) bond motifs is 1. The minimum atomic E-state index is -0.963. The first-order chi connectivity index (χ1) is 28.7. The summed E-state index contributed by atoms with van der Waals surface area (Å²) in [5, 5.41) is 5.21. The van der Waals surface area contributed by atoms with E-state index in [1.54, 1.807) is 48.4 Å². The van der Waals surface area contributed by atoms with Gasteiger partial charge in [0.05, 0.1) is 11.1 Å². The fraction of sp³-hybridized carbons (Fsp3) is 0.457. The van der Waals surface area contributed by atoms with Gasteiger partial charge in [-0.05, 0) is 136 Å². The minimum absolute atomic E-state index is 0.0883. The maximum atomic E-state index is 13.4. The second-order valence-corrected chi connectivity index (χ2v) is 17.2. The number of thioether (sulfide) groups is 1. The van der Waals surface area contributed by atoms with Crippen molar-refractivity contribution in [3.63, 3.8) is 0 Å². The quantitative estimate of drug-likeness (QED) is 0.0759. The van der Waals surface area contributed by atoms with Crippen LogP contribution in [0.4, 0.5) is 0 Å². The maximum Gasteiger partial charge on any atom is 0.263 e. The average Bonchev–Trinajstić information content (AvgIpc) is 3.52. The van der Waals surface area contributed by atoms with Crippen molar-refractivity contribution in [2.75, 3.05) is 45.0 Å². The number of carbonyl (C=O) groups excluding carboxylic acids is 6. The Hall–Kier alpha value is -5.14. The summed E-state index contributed by atoms with van der Waals surface area (Å²) in [4.78, 5) is 86.4. The summed E-state index contributed by atoms with van der Waals surface area (Å²) < 4.78 is 0. The topological polar surface area (TPSA) is 149 Å². The molecule has 0 aliphatic carbocycles. The van der Waals surface area contributed by atoms with Gasteiger partial charge < -0.3 is 15.1 Å². The van der Waals surface area contributed by atoms with Crippen molar-refractivity contribution in [1.29, 1.82) is 0 Å². The minimum Gasteiger partial charge on any atom is -0.353 e. The lowest BCUT2D eigenvalue weighted by atomic mass is 9.88. The number of piperidine rings is 3. The van der Waals surface area contributed by atoms with Gasteiger partial charge in [0.1, 0.15) is 6.04 Å². The van der Waals surface area contributed by atoms with Crippen LogP contribution in [0.3, 0.4) is 0 Å². The van der Waals surface area contributed by atoms with Crippen LogP contribution in [0.5, 0.6) is 0 Å². The highest BCUT2D eigenvalue weighted by atomic mass is 32.2. The van der Waals surface area contributed by atoms with E-state index in [0.717, 1.165) is 117 Å². The molecule has 4 aliphatic rings. The zero-order valence-electron chi connectivity index (χ0n) is 33.6. The number of amides is 6. The fourth-order valence-electron chi connectivity index (χ4n) is 8.69. The van der Waals surface area contributed by atoms with Crippen molar-refractivity contribution >= 4 is 53.3 Å². The number of carbonyl (C=O) groups is 6. The number of aromatic nitrogens is 1. The Labute approximate surface area is 350 Å². The first kappa shape index (κ1) is 42.0. The summed E-state index contributed by atoms with van der Waals surface area (Å²) in [6.45, 7) is 5.32. The second kappa shape index (κ2) is 20.2. The number of hydrogen-bond donors (Lipinski definition) is 2. The molecular formula is C46H54N6O6S. The third-order valence-electron chi connectivity index (χ3n) is 12.1. The van der Waals surface area contributed by atoms with Crippen LogP contribution in [0.25, 0.3) is 6.08 Å². The highest BCUT2D eigenvalue weighted by Gasteiger charge is 2.45. The second-order valence-electron chi connectivity index (χ2n) is 16.1. The van der Waals surface area contributed by atoms with Gasteiger partial charge in [-0.2, -0.15) is 0 Å². The molecule has 0 bridgehead atoms. The van der Waals surface area contributed by atoms with Crippen LogP contribution in [-0.2, 0) is 14.4 Å². The lowest BCUT2D eigenvalue weighted by Gasteiger charge is -2.33. The van der Waals surface area contributed by atoms with Crippen LogP contribution in [0.15, 0.2) is 78.0 Å². The van der Waals surface area contributed by atoms with Crippen molar-refractivity contribution in [3.05, 3.63) is 101 Å². The third kappa shape index (κ3) is 10.7. The molecule has 0 saturated carbocycles. The van der Waals surface area contributed by atoms with Crippen LogP contribution >= 0.6 is 11.8 Å². The number of rotatable bonds is 16. The highest BCUT2D eigenvalue weighted by molar-refractivity contribution is 7.99. The van der Waals surface area contributed by atoms with E-state index >= 15 is 0 Å². The predicted octanol–water partition coefficient (Wildman–Crippen LogP) is 6.09. The SMILES string of the molecule is O=C(/C=C/c1cccnc1)NCCCCC1CCN(C(=O)c2ccc(C3CCN(CCCCSc4cccc5c4C(=O)N(C4CCC(=O)NC4=O)C5=O)CC3)cc2)CC1. The van der Waals surface area contributed by atoms with E-state index in [9.17, 15) is 28.8 Å². The summed E-state index contributed by atoms with van der Waals surface area (Å²) in [6.07, 6.45) is 16.3. The largest absolute Gasteiger partial charge is 0.353 e. The van der Waals surface area contributed by atoms with Gasteiger partial charge in [-0.25, -0.2) is 0 Å². The zero-order chi connectivity index (χ0) is 41.1. The van der Waals surface area contributed by atoms with E-state index in [2.05, 4.69) is 32.7 Å². The van der Waals surface area contributed by atoms with E-state index in [0.29, 0.717) is 29.5 Å². The van der Waals surface area contributed by atoms with E-state index < -0.39 is 23.8 Å². The van der Waals surface area contributed by atoms with Crippen molar-refractivity contribution in [3.8, 4) is 0 Å². The molecule has 1 atom stereocenters. The maximum absolute atomic E-state index is 13.4. The van der Waals surface area contributed by atoms with Gasteiger partial charge in [-0.15, -0.1) is 11.8 Å². The summed E-state index contributed by atoms with van der Waals surface area (Å²) in [5.41, 5.74) is 3.65. The van der Waals surface area contributed by atoms with Crippen molar-refractivity contribution in [2.45, 2.75) is 87.5 Å². The monoisotopic (exact) mass is 818 g/mol. The smallest absolute Gasteiger partial charge is 0.263 e. The summed E-state index contributed by atoms with van der Waals surface area (Å²) >= 11 is 1.57. The normalized spacial score (nSPS) is 19.4. The van der Waals surface area contributed by atoms with E-state index in [4.69, 9.17) is 0 Å². The molecule has 2 N–H and O–H groups in total. The molecule has 7 rings (SSSR count). The number of likely N-dealkylation sites (tertiary alicyclic amines) is 2. The van der Waals surface area contributed by atoms with Crippen LogP contribution in [0.1, 0.15) is 119 Å². The van der Waals surface area contributed by atoms with Gasteiger partial charge in [0.15, 0.2) is 0 Å². The van der Waals surface area contributed by atoms with Gasteiger partial charge in [0.25, 0.3) is 17.7 Å². The van der Waals surface area contributed by atoms with Gasteiger partial charge in [-0.1, -0.05) is 37.1 Å². The molecular weight excluding hydrogens is 765 g/mol. The number of nitrogens with one attached hydrogen (secondary N) is 2. The third-order valence-corrected chi connectivity index (χ3v) is 13.3. The Morgan fingerprint density at radius 3 is 2.39 bits per heavy atom. The number of benzene rings is 2. The summed E-state index contributed by atoms with van der Waals surface area (Å²) in [6, 6.07) is 16.4. The van der Waals surface area contributed by atoms with Crippen LogP contribution in [-0.4, -0.2) is 106 Å². The van der Waals surface area contributed by atoms with Crippen LogP contribution in [0.2, 0.25) is 0 Å². The van der Waals surface area contributed by atoms with E-state index in [1.807, 2.05) is 35.2 Å². The Bertz CT molecular complexity index is 2020. The van der Waals surface area contributed by atoms with Gasteiger partial charge in [0, 0.05) is 55.0 Å². The van der Waals surface area contributed by atoms with E-state index in [1.165, 1.54) is 5.56 Å². The lowest BCUT2D eigenvalue weighted by Crippen LogP contribution is -2.54. The van der Waals surface area contributed by atoms with Crippen LogP contribution in [0, 0.1) is 5.92 Å². The summed E-state index contributed by atoms with van der Waals surface area (Å²) in [7, 11) is 0. The van der Waals surface area contributed by atoms with E-state index in [-0.39, 0.29) is 30.6 Å². The molecule has 0 spiro atoms. The van der Waals surface area contributed by atoms with Gasteiger partial charge in [-0.3, -0.25) is 44.0 Å². The Kier molecular flexibility index (Phi) is 14.4. The molecule has 2 aromatic carbocycles. The fourth-order valence-corrected chi connectivity index (χ4v) is 9.78. The van der Waals surface area contributed by atoms with Crippen molar-refractivity contribution in [1.82, 2.24) is 30.3 Å². The molecule has 1 aromatic heterocycles. The molecule has 310 valence electrons. The molecule has 13 heteroatoms. The molecule has 0 radical (unpaired) electrons. The number of hydrogen-bond acceptors (Lipinski definition) is 9. The first-order valence-corrected chi connectivity index (χ1v) is 22.2. The number of nitrogens with zero attached hydrogens (tertiary/aromatic N) is 4. The predicted molar refractivity (Wildman–Crippen MR) is 227 cm³/mol. The highest BCUT2D eigenvalue weighted by Crippen LogP contribution is 2.35.